The number of nitriles is 1. The van der Waals surface area contributed by atoms with Crippen molar-refractivity contribution in [3.05, 3.63) is 29.8 Å². The number of unbranched alkanes of at least 4 members (excludes halogenated alkanes) is 26. The highest BCUT2D eigenvalue weighted by Crippen LogP contribution is 2.30. The number of ether oxygens (including phenoxy) is 6. The third-order valence-corrected chi connectivity index (χ3v) is 21.8. The molecular formula is C78H150BrN5O13S+2. The van der Waals surface area contributed by atoms with Gasteiger partial charge < -0.3 is 79.7 Å². The monoisotopic (exact) mass is 1480 g/mol. The molecule has 0 aromatic heterocycles. The standard InChI is InChI=1S/2C22H45N2.C19H30O8S.C13H26O5.C2H3N.BrH/c2*1-2-3-4-5-6-7-8-9-10-11-12-13-14-15-19-24-20-16-23(17-21-24)18-22-24;1-11(2)25-18-15(27-19(26-12(3)4)17(21)16(18)20)10-24-28(22,23)14-8-6-13(5)7-9-14;1-6-9-12(16-7(2)3)10(14)11(15)13(18-9)17-8(4)5;1-2-3;/h2*2-22H2,1H3;6-9,11-12,15-21H,10H2,1-5H3;7-15H,6H2,1-5H3;1H3;1H/q2*+1;;;;. The molecular weight excluding hydrogens is 1330 g/mol. The summed E-state index contributed by atoms with van der Waals surface area (Å²) in [6.07, 6.45) is 32.0. The molecule has 8 aliphatic rings. The van der Waals surface area contributed by atoms with E-state index < -0.39 is 72.0 Å². The minimum absolute atomic E-state index is 0. The van der Waals surface area contributed by atoms with Crippen molar-refractivity contribution in [2.24, 2.45) is 0 Å². The fourth-order valence-corrected chi connectivity index (χ4v) is 15.4. The summed E-state index contributed by atoms with van der Waals surface area (Å²) in [6, 6.07) is 8.00. The van der Waals surface area contributed by atoms with Crippen LogP contribution in [0.5, 0.6) is 0 Å². The van der Waals surface area contributed by atoms with E-state index in [1.807, 2.05) is 46.4 Å². The summed E-state index contributed by atoms with van der Waals surface area (Å²) >= 11 is 0. The largest absolute Gasteiger partial charge is 1.00 e. The molecule has 0 amide bonds. The molecule has 576 valence electrons. The first-order chi connectivity index (χ1) is 46.5. The second-order valence-electron chi connectivity index (χ2n) is 30.4. The van der Waals surface area contributed by atoms with Crippen LogP contribution >= 0.6 is 0 Å². The number of rotatable bonds is 43. The summed E-state index contributed by atoms with van der Waals surface area (Å²) in [5.41, 5.74) is 0.922. The topological polar surface area (TPSA) is 211 Å². The van der Waals surface area contributed by atoms with Crippen molar-refractivity contribution >= 4 is 10.1 Å². The van der Waals surface area contributed by atoms with Gasteiger partial charge in [0.05, 0.1) is 80.8 Å². The number of hydrogen-bond acceptors (Lipinski definition) is 15. The second kappa shape index (κ2) is 53.3. The van der Waals surface area contributed by atoms with Crippen molar-refractivity contribution in [2.75, 3.05) is 98.2 Å². The lowest BCUT2D eigenvalue weighted by Gasteiger charge is -2.50. The fourth-order valence-electron chi connectivity index (χ4n) is 14.5. The van der Waals surface area contributed by atoms with Crippen LogP contribution < -0.4 is 21.9 Å². The van der Waals surface area contributed by atoms with Gasteiger partial charge in [-0.05, 0) is 107 Å². The molecule has 0 spiro atoms. The van der Waals surface area contributed by atoms with Gasteiger partial charge in [-0.15, -0.1) is 0 Å². The first kappa shape index (κ1) is 92.6. The van der Waals surface area contributed by atoms with Gasteiger partial charge in [-0.25, -0.2) is 0 Å². The van der Waals surface area contributed by atoms with E-state index in [9.17, 15) is 28.8 Å². The Morgan fingerprint density at radius 1 is 0.500 bits per heavy atom. The van der Waals surface area contributed by atoms with Gasteiger partial charge in [-0.3, -0.25) is 9.08 Å². The quantitative estimate of drug-likeness (QED) is 0.0234. The van der Waals surface area contributed by atoms with E-state index in [2.05, 4.69) is 18.7 Å². The zero-order valence-corrected chi connectivity index (χ0v) is 66.9. The van der Waals surface area contributed by atoms with Gasteiger partial charge in [0.15, 0.2) is 12.6 Å². The predicted octanol–water partition coefficient (Wildman–Crippen LogP) is 9.77. The van der Waals surface area contributed by atoms with Crippen LogP contribution in [0.3, 0.4) is 0 Å². The van der Waals surface area contributed by atoms with E-state index >= 15 is 0 Å². The molecule has 8 aliphatic heterocycles. The average molecular weight is 1480 g/mol. The molecule has 10 atom stereocenters. The lowest BCUT2D eigenvalue weighted by atomic mass is 9.97. The van der Waals surface area contributed by atoms with Crippen LogP contribution in [0.25, 0.3) is 0 Å². The zero-order valence-electron chi connectivity index (χ0n) is 64.5. The summed E-state index contributed by atoms with van der Waals surface area (Å²) < 4.78 is 66.7. The third kappa shape index (κ3) is 37.5. The predicted molar refractivity (Wildman–Crippen MR) is 392 cm³/mol. The summed E-state index contributed by atoms with van der Waals surface area (Å²) in [7, 11) is -4.02. The molecule has 4 bridgehead atoms. The first-order valence-electron chi connectivity index (χ1n) is 39.7. The maximum absolute atomic E-state index is 12.5. The molecule has 18 nitrogen and oxygen atoms in total. The Kier molecular flexibility index (Phi) is 50.4. The number of aryl methyl sites for hydroxylation is 1. The number of fused-ring (bicyclic) bond motifs is 6. The Bertz CT molecular complexity index is 2150. The number of quaternary nitrogens is 3. The lowest BCUT2D eigenvalue weighted by Crippen LogP contribution is -3.19. The molecule has 20 heteroatoms. The van der Waals surface area contributed by atoms with Crippen molar-refractivity contribution in [2.45, 2.75) is 367 Å². The van der Waals surface area contributed by atoms with E-state index in [1.165, 1.54) is 299 Å². The van der Waals surface area contributed by atoms with Crippen molar-refractivity contribution in [1.29, 1.82) is 5.26 Å². The van der Waals surface area contributed by atoms with Crippen LogP contribution in [0.15, 0.2) is 29.2 Å². The van der Waals surface area contributed by atoms with Gasteiger partial charge in [-0.2, -0.15) is 13.7 Å². The maximum Gasteiger partial charge on any atom is 0.297 e. The van der Waals surface area contributed by atoms with Gasteiger partial charge in [0.25, 0.3) is 10.1 Å². The van der Waals surface area contributed by atoms with Gasteiger partial charge in [0.2, 0.25) is 0 Å². The van der Waals surface area contributed by atoms with Gasteiger partial charge in [0.1, 0.15) is 82.0 Å². The molecule has 8 fully saturated rings. The number of benzene rings is 1. The number of piperazine rings is 6. The Morgan fingerprint density at radius 3 is 1.13 bits per heavy atom. The maximum atomic E-state index is 12.5. The van der Waals surface area contributed by atoms with E-state index in [1.54, 1.807) is 45.9 Å². The van der Waals surface area contributed by atoms with Gasteiger partial charge in [0, 0.05) is 26.6 Å². The van der Waals surface area contributed by atoms with Crippen LogP contribution in [0.1, 0.15) is 275 Å². The summed E-state index contributed by atoms with van der Waals surface area (Å²) in [4.78, 5) is 4.56. The highest BCUT2D eigenvalue weighted by atomic mass is 79.9. The van der Waals surface area contributed by atoms with Gasteiger partial charge in [-0.1, -0.05) is 193 Å². The minimum atomic E-state index is -4.02. The molecule has 98 heavy (non-hydrogen) atoms. The molecule has 10 unspecified atom stereocenters. The van der Waals surface area contributed by atoms with Crippen molar-refractivity contribution in [1.82, 2.24) is 4.90 Å². The van der Waals surface area contributed by atoms with Crippen LogP contribution in [-0.2, 0) is 42.7 Å². The van der Waals surface area contributed by atoms with Crippen LogP contribution in [0.2, 0.25) is 0 Å². The molecule has 5 N–H and O–H groups in total. The molecule has 0 saturated carbocycles. The fraction of sp³-hybridized carbons (Fsp3) is 0.910. The minimum Gasteiger partial charge on any atom is -1.00 e. The third-order valence-electron chi connectivity index (χ3n) is 20.5. The van der Waals surface area contributed by atoms with Crippen molar-refractivity contribution in [3.8, 4) is 6.07 Å². The van der Waals surface area contributed by atoms with Crippen LogP contribution in [-0.4, -0.2) is 227 Å². The number of nitrogens with one attached hydrogen (secondary N) is 1. The van der Waals surface area contributed by atoms with Crippen LogP contribution in [0, 0.1) is 18.3 Å². The average Bonchev–Trinajstić information content (AvgIpc) is 0.826. The number of hydrogen-bond donors (Lipinski definition) is 5. The Hall–Kier alpha value is -1.46. The second-order valence-corrected chi connectivity index (χ2v) is 32.0. The van der Waals surface area contributed by atoms with Crippen molar-refractivity contribution in [3.63, 3.8) is 0 Å². The smallest absolute Gasteiger partial charge is 0.297 e. The highest BCUT2D eigenvalue weighted by Gasteiger charge is 2.48. The molecule has 1 aromatic rings. The summed E-state index contributed by atoms with van der Waals surface area (Å²) in [6.45, 7) is 44.2. The van der Waals surface area contributed by atoms with Gasteiger partial charge >= 0.3 is 0 Å². The molecule has 8 saturated heterocycles. The summed E-state index contributed by atoms with van der Waals surface area (Å²) in [5.74, 6) is 0. The SMILES string of the molecule is CC#N.CCC1OC(OC(C)C)C(O)C(O)C1OC(C)C.CCCCCCCCCCCCCCCC[N+]12CCN(CC1)CC2.CCCCCCCCCCCCCCCC[N+]12CC[NH+](CC1)CC2.Cc1ccc(S(=O)(=O)OCC2OC(OC(C)C)C(O)C(O)C2OC(C)C)cc1.[Br-]. The van der Waals surface area contributed by atoms with E-state index in [-0.39, 0.29) is 52.4 Å². The number of aliphatic hydroxyl groups is 4. The molecule has 0 radical (unpaired) electrons. The summed E-state index contributed by atoms with van der Waals surface area (Å²) in [5, 5.41) is 48.2. The highest BCUT2D eigenvalue weighted by molar-refractivity contribution is 7.86. The molecule has 8 heterocycles. The first-order valence-corrected chi connectivity index (χ1v) is 41.1. The van der Waals surface area contributed by atoms with E-state index in [0.29, 0.717) is 6.42 Å². The zero-order chi connectivity index (χ0) is 71.5. The molecule has 0 aliphatic carbocycles. The number of aliphatic hydroxyl groups excluding tert-OH is 4. The Balaban J connectivity index is 0.000000441. The van der Waals surface area contributed by atoms with Crippen molar-refractivity contribution < 1.29 is 92.3 Å². The normalized spacial score (nSPS) is 28.0. The lowest BCUT2D eigenvalue weighted by molar-refractivity contribution is -1.07. The number of halogens is 1. The van der Waals surface area contributed by atoms with E-state index in [0.717, 1.165) is 5.56 Å². The Labute approximate surface area is 610 Å². The molecule has 9 rings (SSSR count). The molecule has 1 aromatic carbocycles. The van der Waals surface area contributed by atoms with Crippen LogP contribution in [0.4, 0.5) is 0 Å². The van der Waals surface area contributed by atoms with E-state index in [4.69, 9.17) is 37.9 Å². The number of nitrogens with zero attached hydrogens (tertiary/aromatic N) is 4. The Morgan fingerprint density at radius 2 is 0.806 bits per heavy atom.